The maximum absolute atomic E-state index is 12.4. The second-order valence-corrected chi connectivity index (χ2v) is 6.73. The molecule has 0 fully saturated rings. The van der Waals surface area contributed by atoms with E-state index in [1.54, 1.807) is 23.5 Å². The number of aromatic nitrogens is 2. The van der Waals surface area contributed by atoms with Crippen LogP contribution >= 0.6 is 11.3 Å². The Hall–Kier alpha value is -2.54. The number of thiophene rings is 1. The lowest BCUT2D eigenvalue weighted by molar-refractivity contribution is -0.384. The standard InChI is InChI=1S/C16H13N3O3S/c20-15-14-11-2-1-3-12(11)23-16(14)18-13(17-15)8-9-4-6-10(7-5-9)19(21)22/h4-7H,1-3,8H2,(H,17,18,20). The second-order valence-electron chi connectivity index (χ2n) is 5.65. The number of benzene rings is 1. The van der Waals surface area contributed by atoms with Gasteiger partial charge in [0.1, 0.15) is 10.7 Å². The van der Waals surface area contributed by atoms with Crippen LogP contribution in [-0.2, 0) is 19.3 Å². The average Bonchev–Trinajstić information content (AvgIpc) is 3.07. The molecule has 3 aromatic rings. The molecular formula is C16H13N3O3S. The molecule has 0 spiro atoms. The molecule has 4 rings (SSSR count). The van der Waals surface area contributed by atoms with Crippen LogP contribution in [0, 0.1) is 10.1 Å². The van der Waals surface area contributed by atoms with Gasteiger partial charge < -0.3 is 4.98 Å². The maximum atomic E-state index is 12.4. The average molecular weight is 327 g/mol. The molecule has 116 valence electrons. The van der Waals surface area contributed by atoms with Gasteiger partial charge in [0.15, 0.2) is 0 Å². The Morgan fingerprint density at radius 1 is 1.26 bits per heavy atom. The summed E-state index contributed by atoms with van der Waals surface area (Å²) in [6.07, 6.45) is 3.56. The molecular weight excluding hydrogens is 314 g/mol. The zero-order valence-corrected chi connectivity index (χ0v) is 13.0. The van der Waals surface area contributed by atoms with E-state index in [0.29, 0.717) is 12.2 Å². The van der Waals surface area contributed by atoms with E-state index in [4.69, 9.17) is 0 Å². The van der Waals surface area contributed by atoms with E-state index in [1.165, 1.54) is 22.6 Å². The molecule has 0 atom stereocenters. The van der Waals surface area contributed by atoms with Crippen molar-refractivity contribution in [2.75, 3.05) is 0 Å². The summed E-state index contributed by atoms with van der Waals surface area (Å²) in [5.41, 5.74) is 2.02. The fourth-order valence-electron chi connectivity index (χ4n) is 3.06. The number of nitrogens with one attached hydrogen (secondary N) is 1. The van der Waals surface area contributed by atoms with Crippen molar-refractivity contribution >= 4 is 27.2 Å². The Bertz CT molecular complexity index is 973. The van der Waals surface area contributed by atoms with Crippen LogP contribution in [0.4, 0.5) is 5.69 Å². The topological polar surface area (TPSA) is 88.9 Å². The zero-order valence-electron chi connectivity index (χ0n) is 12.2. The third-order valence-corrected chi connectivity index (χ3v) is 5.33. The van der Waals surface area contributed by atoms with E-state index < -0.39 is 4.92 Å². The molecule has 0 unspecified atom stereocenters. The monoisotopic (exact) mass is 327 g/mol. The van der Waals surface area contributed by atoms with Crippen LogP contribution in [0.2, 0.25) is 0 Å². The lowest BCUT2D eigenvalue weighted by Gasteiger charge is -2.02. The predicted molar refractivity (Wildman–Crippen MR) is 88.2 cm³/mol. The van der Waals surface area contributed by atoms with Crippen molar-refractivity contribution in [3.8, 4) is 0 Å². The number of H-pyrrole nitrogens is 1. The first kappa shape index (κ1) is 14.1. The fourth-order valence-corrected chi connectivity index (χ4v) is 4.34. The van der Waals surface area contributed by atoms with Crippen molar-refractivity contribution in [2.45, 2.75) is 25.7 Å². The molecule has 0 bridgehead atoms. The van der Waals surface area contributed by atoms with Crippen LogP contribution in [0.15, 0.2) is 29.1 Å². The van der Waals surface area contributed by atoms with Gasteiger partial charge in [0.05, 0.1) is 10.3 Å². The van der Waals surface area contributed by atoms with Crippen LogP contribution in [0.25, 0.3) is 10.2 Å². The Morgan fingerprint density at radius 2 is 2.04 bits per heavy atom. The van der Waals surface area contributed by atoms with Crippen LogP contribution in [-0.4, -0.2) is 14.9 Å². The van der Waals surface area contributed by atoms with Gasteiger partial charge in [-0.3, -0.25) is 14.9 Å². The fraction of sp³-hybridized carbons (Fsp3) is 0.250. The van der Waals surface area contributed by atoms with Crippen molar-refractivity contribution in [1.29, 1.82) is 0 Å². The Balaban J connectivity index is 1.69. The minimum atomic E-state index is -0.427. The van der Waals surface area contributed by atoms with Gasteiger partial charge in [-0.25, -0.2) is 4.98 Å². The lowest BCUT2D eigenvalue weighted by atomic mass is 10.1. The number of hydrogen-bond acceptors (Lipinski definition) is 5. The van der Waals surface area contributed by atoms with Crippen molar-refractivity contribution in [3.63, 3.8) is 0 Å². The summed E-state index contributed by atoms with van der Waals surface area (Å²) in [6.45, 7) is 0. The highest BCUT2D eigenvalue weighted by atomic mass is 32.1. The largest absolute Gasteiger partial charge is 0.310 e. The first-order valence-electron chi connectivity index (χ1n) is 7.38. The molecule has 1 aromatic carbocycles. The van der Waals surface area contributed by atoms with Gasteiger partial charge in [-0.05, 0) is 30.4 Å². The maximum Gasteiger partial charge on any atom is 0.269 e. The first-order chi connectivity index (χ1) is 11.1. The van der Waals surface area contributed by atoms with Gasteiger partial charge in [-0.1, -0.05) is 12.1 Å². The van der Waals surface area contributed by atoms with Crippen molar-refractivity contribution in [1.82, 2.24) is 9.97 Å². The van der Waals surface area contributed by atoms with E-state index in [9.17, 15) is 14.9 Å². The minimum Gasteiger partial charge on any atom is -0.310 e. The van der Waals surface area contributed by atoms with Crippen molar-refractivity contribution < 1.29 is 4.92 Å². The van der Waals surface area contributed by atoms with Crippen molar-refractivity contribution in [2.24, 2.45) is 0 Å². The molecule has 2 heterocycles. The molecule has 0 saturated heterocycles. The number of nitro groups is 1. The van der Waals surface area contributed by atoms with Crippen LogP contribution in [0.1, 0.15) is 28.2 Å². The highest BCUT2D eigenvalue weighted by Crippen LogP contribution is 2.34. The molecule has 0 aliphatic heterocycles. The molecule has 0 amide bonds. The SMILES string of the molecule is O=c1[nH]c(Cc2ccc([N+](=O)[O-])cc2)nc2sc3c(c12)CCC3. The molecule has 23 heavy (non-hydrogen) atoms. The highest BCUT2D eigenvalue weighted by molar-refractivity contribution is 7.18. The number of nitro benzene ring substituents is 1. The summed E-state index contributed by atoms with van der Waals surface area (Å²) in [6, 6.07) is 6.31. The summed E-state index contributed by atoms with van der Waals surface area (Å²) in [4.78, 5) is 32.1. The molecule has 0 radical (unpaired) electrons. The predicted octanol–water partition coefficient (Wildman–Crippen LogP) is 2.97. The third kappa shape index (κ3) is 2.43. The molecule has 1 N–H and O–H groups in total. The quantitative estimate of drug-likeness (QED) is 0.591. The second kappa shape index (κ2) is 5.27. The van der Waals surface area contributed by atoms with Gasteiger partial charge in [-0.2, -0.15) is 0 Å². The number of nitrogens with zero attached hydrogens (tertiary/aromatic N) is 2. The molecule has 1 aliphatic carbocycles. The number of aromatic amines is 1. The Labute approximate surface area is 135 Å². The minimum absolute atomic E-state index is 0.0559. The molecule has 0 saturated carbocycles. The normalized spacial score (nSPS) is 13.4. The Kier molecular flexibility index (Phi) is 3.23. The van der Waals surface area contributed by atoms with Gasteiger partial charge in [0, 0.05) is 23.4 Å². The smallest absolute Gasteiger partial charge is 0.269 e. The number of hydrogen-bond donors (Lipinski definition) is 1. The number of non-ortho nitro benzene ring substituents is 1. The third-order valence-electron chi connectivity index (χ3n) is 4.14. The zero-order chi connectivity index (χ0) is 16.0. The highest BCUT2D eigenvalue weighted by Gasteiger charge is 2.21. The lowest BCUT2D eigenvalue weighted by Crippen LogP contribution is -2.12. The molecule has 2 aromatic heterocycles. The number of aryl methyl sites for hydroxylation is 2. The van der Waals surface area contributed by atoms with E-state index >= 15 is 0 Å². The summed E-state index contributed by atoms with van der Waals surface area (Å²) in [5, 5.41) is 11.4. The first-order valence-corrected chi connectivity index (χ1v) is 8.20. The summed E-state index contributed by atoms with van der Waals surface area (Å²) >= 11 is 1.61. The number of rotatable bonds is 3. The molecule has 6 nitrogen and oxygen atoms in total. The van der Waals surface area contributed by atoms with Gasteiger partial charge in [0.2, 0.25) is 0 Å². The summed E-state index contributed by atoms with van der Waals surface area (Å²) < 4.78 is 0. The summed E-state index contributed by atoms with van der Waals surface area (Å²) in [5.74, 6) is 0.594. The van der Waals surface area contributed by atoms with Gasteiger partial charge >= 0.3 is 0 Å². The van der Waals surface area contributed by atoms with E-state index in [2.05, 4.69) is 9.97 Å². The van der Waals surface area contributed by atoms with Gasteiger partial charge in [-0.15, -0.1) is 11.3 Å². The Morgan fingerprint density at radius 3 is 2.78 bits per heavy atom. The van der Waals surface area contributed by atoms with E-state index in [-0.39, 0.29) is 11.2 Å². The van der Waals surface area contributed by atoms with Crippen LogP contribution in [0.5, 0.6) is 0 Å². The van der Waals surface area contributed by atoms with Gasteiger partial charge in [0.25, 0.3) is 11.2 Å². The van der Waals surface area contributed by atoms with E-state index in [0.717, 1.165) is 35.0 Å². The van der Waals surface area contributed by atoms with E-state index in [1.807, 2.05) is 0 Å². The summed E-state index contributed by atoms with van der Waals surface area (Å²) in [7, 11) is 0. The number of fused-ring (bicyclic) bond motifs is 3. The molecule has 7 heteroatoms. The van der Waals surface area contributed by atoms with Crippen LogP contribution in [0.3, 0.4) is 0 Å². The van der Waals surface area contributed by atoms with Crippen LogP contribution < -0.4 is 5.56 Å². The van der Waals surface area contributed by atoms with Crippen molar-refractivity contribution in [3.05, 3.63) is 66.6 Å². The molecule has 1 aliphatic rings.